The molecule has 0 aliphatic carbocycles. The quantitative estimate of drug-likeness (QED) is 0.827. The SMILES string of the molecule is CCOCc1ccc(NC(=O)/C=C\c2cccnc2)cc1. The van der Waals surface area contributed by atoms with Gasteiger partial charge in [-0.15, -0.1) is 0 Å². The molecular formula is C17H18N2O2. The van der Waals surface area contributed by atoms with Crippen LogP contribution >= 0.6 is 0 Å². The van der Waals surface area contributed by atoms with E-state index in [9.17, 15) is 4.79 Å². The monoisotopic (exact) mass is 282 g/mol. The van der Waals surface area contributed by atoms with Gasteiger partial charge in [0.2, 0.25) is 5.91 Å². The molecule has 4 nitrogen and oxygen atoms in total. The number of nitrogens with one attached hydrogen (secondary N) is 1. The minimum Gasteiger partial charge on any atom is -0.377 e. The zero-order valence-corrected chi connectivity index (χ0v) is 12.0. The highest BCUT2D eigenvalue weighted by atomic mass is 16.5. The summed E-state index contributed by atoms with van der Waals surface area (Å²) in [7, 11) is 0. The lowest BCUT2D eigenvalue weighted by Crippen LogP contribution is -2.07. The molecule has 4 heteroatoms. The summed E-state index contributed by atoms with van der Waals surface area (Å²) in [6.07, 6.45) is 6.62. The van der Waals surface area contributed by atoms with Gasteiger partial charge in [-0.2, -0.15) is 0 Å². The van der Waals surface area contributed by atoms with E-state index in [0.717, 1.165) is 16.8 Å². The molecule has 108 valence electrons. The van der Waals surface area contributed by atoms with Crippen LogP contribution in [-0.4, -0.2) is 17.5 Å². The summed E-state index contributed by atoms with van der Waals surface area (Å²) in [6.45, 7) is 3.24. The van der Waals surface area contributed by atoms with Crippen molar-refractivity contribution in [2.24, 2.45) is 0 Å². The van der Waals surface area contributed by atoms with Crippen LogP contribution < -0.4 is 5.32 Å². The van der Waals surface area contributed by atoms with Crippen LogP contribution in [0.4, 0.5) is 5.69 Å². The number of ether oxygens (including phenoxy) is 1. The van der Waals surface area contributed by atoms with E-state index in [4.69, 9.17) is 4.74 Å². The number of aromatic nitrogens is 1. The van der Waals surface area contributed by atoms with Crippen molar-refractivity contribution in [2.75, 3.05) is 11.9 Å². The number of amides is 1. The second-order valence-electron chi connectivity index (χ2n) is 4.44. The number of anilines is 1. The Bertz CT molecular complexity index is 592. The Morgan fingerprint density at radius 1 is 1.29 bits per heavy atom. The highest BCUT2D eigenvalue weighted by Crippen LogP contribution is 2.10. The first kappa shape index (κ1) is 14.9. The summed E-state index contributed by atoms with van der Waals surface area (Å²) in [5, 5.41) is 2.81. The maximum absolute atomic E-state index is 11.8. The van der Waals surface area contributed by atoms with Crippen molar-refractivity contribution in [1.29, 1.82) is 0 Å². The highest BCUT2D eigenvalue weighted by molar-refractivity contribution is 6.01. The smallest absolute Gasteiger partial charge is 0.248 e. The summed E-state index contributed by atoms with van der Waals surface area (Å²) in [5.74, 6) is -0.170. The van der Waals surface area contributed by atoms with Crippen LogP contribution in [0.3, 0.4) is 0 Å². The van der Waals surface area contributed by atoms with E-state index in [-0.39, 0.29) is 5.91 Å². The molecule has 0 saturated carbocycles. The van der Waals surface area contributed by atoms with Gasteiger partial charge in [-0.05, 0) is 42.3 Å². The fourth-order valence-electron chi connectivity index (χ4n) is 1.73. The molecule has 0 aliphatic rings. The summed E-state index contributed by atoms with van der Waals surface area (Å²) < 4.78 is 5.32. The number of nitrogens with zero attached hydrogens (tertiary/aromatic N) is 1. The molecule has 0 saturated heterocycles. The van der Waals surface area contributed by atoms with Crippen LogP contribution in [0.1, 0.15) is 18.1 Å². The number of hydrogen-bond donors (Lipinski definition) is 1. The molecular weight excluding hydrogens is 264 g/mol. The van der Waals surface area contributed by atoms with Crippen molar-refractivity contribution in [3.05, 3.63) is 66.0 Å². The lowest BCUT2D eigenvalue weighted by Gasteiger charge is -2.05. The number of pyridine rings is 1. The predicted octanol–water partition coefficient (Wildman–Crippen LogP) is 3.27. The van der Waals surface area contributed by atoms with Gasteiger partial charge in [0.1, 0.15) is 0 Å². The summed E-state index contributed by atoms with van der Waals surface area (Å²) in [4.78, 5) is 15.8. The third-order valence-electron chi connectivity index (χ3n) is 2.81. The maximum atomic E-state index is 11.8. The summed E-state index contributed by atoms with van der Waals surface area (Å²) >= 11 is 0. The van der Waals surface area contributed by atoms with E-state index < -0.39 is 0 Å². The molecule has 0 aliphatic heterocycles. The fraction of sp³-hybridized carbons (Fsp3) is 0.176. The van der Waals surface area contributed by atoms with Gasteiger partial charge < -0.3 is 10.1 Å². The first-order chi connectivity index (χ1) is 10.3. The van der Waals surface area contributed by atoms with Crippen molar-refractivity contribution in [3.8, 4) is 0 Å². The van der Waals surface area contributed by atoms with Crippen molar-refractivity contribution < 1.29 is 9.53 Å². The first-order valence-electron chi connectivity index (χ1n) is 6.83. The molecule has 1 heterocycles. The van der Waals surface area contributed by atoms with Crippen molar-refractivity contribution >= 4 is 17.7 Å². The molecule has 0 bridgehead atoms. The second-order valence-corrected chi connectivity index (χ2v) is 4.44. The van der Waals surface area contributed by atoms with Gasteiger partial charge in [0.25, 0.3) is 0 Å². The van der Waals surface area contributed by atoms with Gasteiger partial charge >= 0.3 is 0 Å². The molecule has 1 N–H and O–H groups in total. The van der Waals surface area contributed by atoms with Gasteiger partial charge in [0, 0.05) is 30.8 Å². The Morgan fingerprint density at radius 2 is 2.10 bits per heavy atom. The van der Waals surface area contributed by atoms with Crippen LogP contribution in [0, 0.1) is 0 Å². The van der Waals surface area contributed by atoms with Crippen molar-refractivity contribution in [3.63, 3.8) is 0 Å². The lowest BCUT2D eigenvalue weighted by atomic mass is 10.2. The van der Waals surface area contributed by atoms with Crippen LogP contribution in [-0.2, 0) is 16.1 Å². The van der Waals surface area contributed by atoms with Crippen LogP contribution in [0.25, 0.3) is 6.08 Å². The Kier molecular flexibility index (Phi) is 5.67. The van der Waals surface area contributed by atoms with Gasteiger partial charge in [-0.3, -0.25) is 9.78 Å². The number of rotatable bonds is 6. The first-order valence-corrected chi connectivity index (χ1v) is 6.83. The Labute approximate surface area is 124 Å². The number of hydrogen-bond acceptors (Lipinski definition) is 3. The number of carbonyl (C=O) groups is 1. The largest absolute Gasteiger partial charge is 0.377 e. The zero-order chi connectivity index (χ0) is 14.9. The van der Waals surface area contributed by atoms with Gasteiger partial charge in [0.15, 0.2) is 0 Å². The molecule has 0 atom stereocenters. The van der Waals surface area contributed by atoms with Gasteiger partial charge in [-0.25, -0.2) is 0 Å². The van der Waals surface area contributed by atoms with Crippen LogP contribution in [0.2, 0.25) is 0 Å². The molecule has 2 aromatic rings. The molecule has 1 amide bonds. The maximum Gasteiger partial charge on any atom is 0.248 e. The molecule has 1 aromatic heterocycles. The molecule has 2 rings (SSSR count). The minimum absolute atomic E-state index is 0.170. The van der Waals surface area contributed by atoms with E-state index in [1.165, 1.54) is 6.08 Å². The average molecular weight is 282 g/mol. The molecule has 0 fully saturated rings. The molecule has 0 unspecified atom stereocenters. The third kappa shape index (κ3) is 5.20. The Balaban J connectivity index is 1.89. The van der Waals surface area contributed by atoms with Gasteiger partial charge in [0.05, 0.1) is 6.61 Å². The third-order valence-corrected chi connectivity index (χ3v) is 2.81. The topological polar surface area (TPSA) is 51.2 Å². The van der Waals surface area contributed by atoms with Crippen LogP contribution in [0.5, 0.6) is 0 Å². The second kappa shape index (κ2) is 7.97. The van der Waals surface area contributed by atoms with E-state index in [1.807, 2.05) is 43.3 Å². The Hall–Kier alpha value is -2.46. The molecule has 0 radical (unpaired) electrons. The molecule has 1 aromatic carbocycles. The predicted molar refractivity (Wildman–Crippen MR) is 83.7 cm³/mol. The fourth-order valence-corrected chi connectivity index (χ4v) is 1.73. The molecule has 21 heavy (non-hydrogen) atoms. The van der Waals surface area contributed by atoms with E-state index in [1.54, 1.807) is 18.5 Å². The standard InChI is InChI=1S/C17H18N2O2/c1-2-21-13-15-5-8-16(9-6-15)19-17(20)10-7-14-4-3-11-18-12-14/h3-12H,2,13H2,1H3,(H,19,20)/b10-7-. The van der Waals surface area contributed by atoms with E-state index >= 15 is 0 Å². The summed E-state index contributed by atoms with van der Waals surface area (Å²) in [6, 6.07) is 11.3. The summed E-state index contributed by atoms with van der Waals surface area (Å²) in [5.41, 5.74) is 2.73. The van der Waals surface area contributed by atoms with Crippen molar-refractivity contribution in [2.45, 2.75) is 13.5 Å². The van der Waals surface area contributed by atoms with E-state index in [0.29, 0.717) is 13.2 Å². The highest BCUT2D eigenvalue weighted by Gasteiger charge is 1.98. The van der Waals surface area contributed by atoms with Gasteiger partial charge in [-0.1, -0.05) is 18.2 Å². The number of benzene rings is 1. The normalized spacial score (nSPS) is 10.7. The van der Waals surface area contributed by atoms with E-state index in [2.05, 4.69) is 10.3 Å². The van der Waals surface area contributed by atoms with Crippen molar-refractivity contribution in [1.82, 2.24) is 4.98 Å². The minimum atomic E-state index is -0.170. The van der Waals surface area contributed by atoms with Crippen LogP contribution in [0.15, 0.2) is 54.9 Å². The Morgan fingerprint density at radius 3 is 2.76 bits per heavy atom. The zero-order valence-electron chi connectivity index (χ0n) is 12.0. The average Bonchev–Trinajstić information content (AvgIpc) is 2.53. The molecule has 0 spiro atoms. The lowest BCUT2D eigenvalue weighted by molar-refractivity contribution is -0.111. The number of carbonyl (C=O) groups excluding carboxylic acids is 1.